The molecule has 9 heteroatoms. The lowest BCUT2D eigenvalue weighted by atomic mass is 10.2. The van der Waals surface area contributed by atoms with Crippen molar-refractivity contribution in [1.82, 2.24) is 0 Å². The highest BCUT2D eigenvalue weighted by Crippen LogP contribution is 2.26. The monoisotopic (exact) mass is 368 g/mol. The van der Waals surface area contributed by atoms with Crippen LogP contribution < -0.4 is 5.32 Å². The molecule has 2 aromatic rings. The van der Waals surface area contributed by atoms with Crippen LogP contribution in [0.15, 0.2) is 35.7 Å². The quantitative estimate of drug-likeness (QED) is 0.478. The van der Waals surface area contributed by atoms with Gasteiger partial charge in [-0.1, -0.05) is 17.7 Å². The first-order chi connectivity index (χ1) is 11.4. The molecular weight excluding hydrogens is 356 g/mol. The van der Waals surface area contributed by atoms with Crippen LogP contribution in [0.2, 0.25) is 5.02 Å². The minimum atomic E-state index is -1.02. The first kappa shape index (κ1) is 17.9. The summed E-state index contributed by atoms with van der Waals surface area (Å²) in [7, 11) is 0. The molecular formula is C15H13ClN2O5S. The maximum absolute atomic E-state index is 12.0. The van der Waals surface area contributed by atoms with Crippen molar-refractivity contribution in [2.24, 2.45) is 0 Å². The van der Waals surface area contributed by atoms with E-state index < -0.39 is 22.9 Å². The van der Waals surface area contributed by atoms with Gasteiger partial charge in [0.2, 0.25) is 0 Å². The van der Waals surface area contributed by atoms with Gasteiger partial charge in [0.05, 0.1) is 22.1 Å². The number of carbonyl (C=O) groups excluding carboxylic acids is 2. The van der Waals surface area contributed by atoms with E-state index in [1.54, 1.807) is 6.07 Å². The van der Waals surface area contributed by atoms with Gasteiger partial charge in [-0.25, -0.2) is 0 Å². The molecule has 2 rings (SSSR count). The average molecular weight is 369 g/mol. The maximum Gasteiger partial charge on any atom is 0.311 e. The second kappa shape index (κ2) is 7.89. The van der Waals surface area contributed by atoms with Crippen molar-refractivity contribution < 1.29 is 19.2 Å². The fourth-order valence-electron chi connectivity index (χ4n) is 1.80. The van der Waals surface area contributed by atoms with E-state index in [4.69, 9.17) is 16.3 Å². The summed E-state index contributed by atoms with van der Waals surface area (Å²) in [5.41, 5.74) is 0.0156. The molecule has 24 heavy (non-hydrogen) atoms. The number of nitro benzene ring substituents is 1. The molecule has 1 amide bonds. The van der Waals surface area contributed by atoms with Crippen LogP contribution in [-0.4, -0.2) is 22.9 Å². The molecule has 0 spiro atoms. The number of rotatable bonds is 6. The highest BCUT2D eigenvalue weighted by atomic mass is 35.5. The van der Waals surface area contributed by atoms with Gasteiger partial charge in [0.25, 0.3) is 11.6 Å². The molecule has 0 aliphatic heterocycles. The van der Waals surface area contributed by atoms with Crippen molar-refractivity contribution >= 4 is 46.2 Å². The molecule has 0 aliphatic rings. The van der Waals surface area contributed by atoms with E-state index in [-0.39, 0.29) is 22.8 Å². The first-order valence-electron chi connectivity index (χ1n) is 6.83. The number of carbonyl (C=O) groups is 2. The Kier molecular flexibility index (Phi) is 5.88. The summed E-state index contributed by atoms with van der Waals surface area (Å²) in [5, 5.41) is 15.0. The third kappa shape index (κ3) is 4.77. The van der Waals surface area contributed by atoms with Crippen molar-refractivity contribution in [3.63, 3.8) is 0 Å². The molecule has 1 aromatic carbocycles. The molecule has 0 radical (unpaired) electrons. The number of anilines is 1. The zero-order chi connectivity index (χ0) is 17.7. The van der Waals surface area contributed by atoms with E-state index in [1.165, 1.54) is 30.4 Å². The number of nitro groups is 1. The second-order valence-corrected chi connectivity index (χ2v) is 6.24. The minimum Gasteiger partial charge on any atom is -0.452 e. The van der Waals surface area contributed by atoms with Gasteiger partial charge in [-0.2, -0.15) is 0 Å². The van der Waals surface area contributed by atoms with Crippen molar-refractivity contribution in [2.75, 3.05) is 5.32 Å². The Balaban J connectivity index is 1.93. The molecule has 0 fully saturated rings. The van der Waals surface area contributed by atoms with Crippen molar-refractivity contribution in [1.29, 1.82) is 0 Å². The Morgan fingerprint density at radius 2 is 2.17 bits per heavy atom. The van der Waals surface area contributed by atoms with Gasteiger partial charge in [-0.3, -0.25) is 19.7 Å². The van der Waals surface area contributed by atoms with Crippen molar-refractivity contribution in [2.45, 2.75) is 19.4 Å². The summed E-state index contributed by atoms with van der Waals surface area (Å²) in [6, 6.07) is 7.28. The van der Waals surface area contributed by atoms with Crippen LogP contribution in [0.5, 0.6) is 0 Å². The van der Waals surface area contributed by atoms with Crippen LogP contribution in [0, 0.1) is 10.1 Å². The van der Waals surface area contributed by atoms with Gasteiger partial charge < -0.3 is 10.1 Å². The fraction of sp³-hybridized carbons (Fsp3) is 0.200. The highest BCUT2D eigenvalue weighted by molar-refractivity contribution is 7.10. The van der Waals surface area contributed by atoms with E-state index in [0.29, 0.717) is 0 Å². The van der Waals surface area contributed by atoms with Crippen molar-refractivity contribution in [3.8, 4) is 0 Å². The summed E-state index contributed by atoms with van der Waals surface area (Å²) in [4.78, 5) is 34.7. The normalized spacial score (nSPS) is 11.6. The van der Waals surface area contributed by atoms with E-state index in [9.17, 15) is 19.7 Å². The SMILES string of the molecule is CC(OC(=O)Cc1cccs1)C(=O)Nc1ccc([N+](=O)[O-])cc1Cl. The largest absolute Gasteiger partial charge is 0.452 e. The zero-order valence-electron chi connectivity index (χ0n) is 12.5. The molecule has 0 bridgehead atoms. The first-order valence-corrected chi connectivity index (χ1v) is 8.09. The topological polar surface area (TPSA) is 98.5 Å². The van der Waals surface area contributed by atoms with Gasteiger partial charge in [-0.15, -0.1) is 11.3 Å². The summed E-state index contributed by atoms with van der Waals surface area (Å²) < 4.78 is 5.06. The molecule has 1 unspecified atom stereocenters. The Morgan fingerprint density at radius 1 is 1.42 bits per heavy atom. The lowest BCUT2D eigenvalue weighted by Crippen LogP contribution is -2.30. The number of nitrogens with one attached hydrogen (secondary N) is 1. The van der Waals surface area contributed by atoms with Gasteiger partial charge >= 0.3 is 5.97 Å². The zero-order valence-corrected chi connectivity index (χ0v) is 14.1. The number of thiophene rings is 1. The highest BCUT2D eigenvalue weighted by Gasteiger charge is 2.20. The van der Waals surface area contributed by atoms with E-state index >= 15 is 0 Å². The summed E-state index contributed by atoms with van der Waals surface area (Å²) in [6.45, 7) is 1.43. The Labute approximate surface area is 146 Å². The maximum atomic E-state index is 12.0. The molecule has 0 aliphatic carbocycles. The number of benzene rings is 1. The lowest BCUT2D eigenvalue weighted by molar-refractivity contribution is -0.384. The molecule has 7 nitrogen and oxygen atoms in total. The number of hydrogen-bond donors (Lipinski definition) is 1. The fourth-order valence-corrected chi connectivity index (χ4v) is 2.71. The van der Waals surface area contributed by atoms with Gasteiger partial charge in [0.15, 0.2) is 6.10 Å². The third-order valence-electron chi connectivity index (χ3n) is 3.00. The number of non-ortho nitro benzene ring substituents is 1. The molecule has 1 heterocycles. The summed E-state index contributed by atoms with van der Waals surface area (Å²) in [5.74, 6) is -1.10. The average Bonchev–Trinajstić information content (AvgIpc) is 3.01. The molecule has 0 saturated heterocycles. The molecule has 0 saturated carbocycles. The van der Waals surface area contributed by atoms with Crippen LogP contribution in [0.25, 0.3) is 0 Å². The lowest BCUT2D eigenvalue weighted by Gasteiger charge is -2.14. The summed E-state index contributed by atoms with van der Waals surface area (Å²) in [6.07, 6.45) is -0.933. The Hall–Kier alpha value is -2.45. The second-order valence-electron chi connectivity index (χ2n) is 4.80. The predicted octanol–water partition coefficient (Wildman–Crippen LogP) is 3.42. The van der Waals surface area contributed by atoms with E-state index in [2.05, 4.69) is 5.32 Å². The van der Waals surface area contributed by atoms with E-state index in [0.717, 1.165) is 10.9 Å². The van der Waals surface area contributed by atoms with Crippen molar-refractivity contribution in [3.05, 3.63) is 55.7 Å². The predicted molar refractivity (Wildman–Crippen MR) is 90.3 cm³/mol. The number of ether oxygens (including phenoxy) is 1. The number of nitrogens with zero attached hydrogens (tertiary/aromatic N) is 1. The third-order valence-corrected chi connectivity index (χ3v) is 4.19. The van der Waals surface area contributed by atoms with Crippen LogP contribution >= 0.6 is 22.9 Å². The number of hydrogen-bond acceptors (Lipinski definition) is 6. The number of esters is 1. The smallest absolute Gasteiger partial charge is 0.311 e. The van der Waals surface area contributed by atoms with E-state index in [1.807, 2.05) is 11.4 Å². The molecule has 1 N–H and O–H groups in total. The number of amides is 1. The minimum absolute atomic E-state index is 0.0228. The molecule has 126 valence electrons. The van der Waals surface area contributed by atoms with Gasteiger partial charge in [-0.05, 0) is 24.4 Å². The summed E-state index contributed by atoms with van der Waals surface area (Å²) >= 11 is 7.32. The van der Waals surface area contributed by atoms with Gasteiger partial charge in [0, 0.05) is 17.0 Å². The molecule has 1 atom stereocenters. The van der Waals surface area contributed by atoms with Crippen LogP contribution in [0.4, 0.5) is 11.4 Å². The number of halogens is 1. The standard InChI is InChI=1S/C15H13ClN2O5S/c1-9(23-14(19)8-11-3-2-6-24-11)15(20)17-13-5-4-10(18(21)22)7-12(13)16/h2-7,9H,8H2,1H3,(H,17,20). The Bertz CT molecular complexity index is 763. The van der Waals surface area contributed by atoms with Crippen LogP contribution in [0.1, 0.15) is 11.8 Å². The Morgan fingerprint density at radius 3 is 2.75 bits per heavy atom. The van der Waals surface area contributed by atoms with Gasteiger partial charge in [0.1, 0.15) is 0 Å². The van der Waals surface area contributed by atoms with Crippen LogP contribution in [0.3, 0.4) is 0 Å². The molecule has 1 aromatic heterocycles. The van der Waals surface area contributed by atoms with Crippen LogP contribution in [-0.2, 0) is 20.7 Å².